The number of hydrogen-bond acceptors (Lipinski definition) is 4. The Kier molecular flexibility index (Phi) is 7.03. The van der Waals surface area contributed by atoms with Gasteiger partial charge in [0.05, 0.1) is 12.1 Å². The molecule has 1 aromatic rings. The van der Waals surface area contributed by atoms with Crippen LogP contribution in [0.2, 0.25) is 0 Å². The molecule has 1 heterocycles. The number of benzene rings is 1. The topological polar surface area (TPSA) is 75.9 Å². The van der Waals surface area contributed by atoms with Crippen molar-refractivity contribution in [2.75, 3.05) is 13.1 Å². The van der Waals surface area contributed by atoms with E-state index in [4.69, 9.17) is 10.5 Å². The van der Waals surface area contributed by atoms with Gasteiger partial charge in [-0.15, -0.1) is 0 Å². The van der Waals surface area contributed by atoms with Crippen molar-refractivity contribution in [2.45, 2.75) is 58.8 Å². The van der Waals surface area contributed by atoms with E-state index in [0.29, 0.717) is 13.1 Å². The smallest absolute Gasteiger partial charge is 0.410 e. The first-order valence-corrected chi connectivity index (χ1v) is 9.34. The molecule has 144 valence electrons. The number of hydrogen-bond donors (Lipinski definition) is 1. The molecule has 1 aliphatic heterocycles. The minimum absolute atomic E-state index is 0.00269. The van der Waals surface area contributed by atoms with Crippen LogP contribution in [0, 0.1) is 5.92 Å². The number of carbonyl (C=O) groups excluding carboxylic acids is 2. The van der Waals surface area contributed by atoms with Gasteiger partial charge in [0.2, 0.25) is 5.91 Å². The Bertz CT molecular complexity index is 604. The van der Waals surface area contributed by atoms with Crippen molar-refractivity contribution in [2.24, 2.45) is 11.7 Å². The van der Waals surface area contributed by atoms with Gasteiger partial charge < -0.3 is 20.3 Å². The molecular formula is C20H31N3O3. The number of nitrogens with two attached hydrogens (primary N) is 1. The van der Waals surface area contributed by atoms with E-state index in [2.05, 4.69) is 0 Å². The van der Waals surface area contributed by atoms with Crippen LogP contribution in [0.25, 0.3) is 0 Å². The van der Waals surface area contributed by atoms with Gasteiger partial charge in [-0.25, -0.2) is 4.79 Å². The van der Waals surface area contributed by atoms with Gasteiger partial charge in [-0.1, -0.05) is 44.2 Å². The highest BCUT2D eigenvalue weighted by Crippen LogP contribution is 2.21. The van der Waals surface area contributed by atoms with Crippen LogP contribution >= 0.6 is 0 Å². The van der Waals surface area contributed by atoms with E-state index in [0.717, 1.165) is 12.0 Å². The number of rotatable bonds is 6. The van der Waals surface area contributed by atoms with E-state index in [1.807, 2.05) is 58.0 Å². The Labute approximate surface area is 156 Å². The van der Waals surface area contributed by atoms with Gasteiger partial charge in [0, 0.05) is 19.1 Å². The van der Waals surface area contributed by atoms with Crippen molar-refractivity contribution in [1.29, 1.82) is 0 Å². The lowest BCUT2D eigenvalue weighted by Crippen LogP contribution is -2.49. The molecule has 2 rings (SSSR count). The van der Waals surface area contributed by atoms with Gasteiger partial charge in [0.1, 0.15) is 6.61 Å². The number of likely N-dealkylation sites (tertiary alicyclic amines) is 1. The maximum Gasteiger partial charge on any atom is 0.410 e. The molecule has 0 saturated carbocycles. The summed E-state index contributed by atoms with van der Waals surface area (Å²) >= 11 is 0. The maximum absolute atomic E-state index is 12.6. The van der Waals surface area contributed by atoms with Crippen LogP contribution in [0.5, 0.6) is 0 Å². The third-order valence-corrected chi connectivity index (χ3v) is 4.84. The van der Waals surface area contributed by atoms with Crippen LogP contribution < -0.4 is 5.73 Å². The molecule has 1 aromatic carbocycles. The van der Waals surface area contributed by atoms with Crippen molar-refractivity contribution >= 4 is 12.0 Å². The summed E-state index contributed by atoms with van der Waals surface area (Å²) in [5, 5.41) is 0. The zero-order valence-corrected chi connectivity index (χ0v) is 16.2. The molecule has 1 saturated heterocycles. The summed E-state index contributed by atoms with van der Waals surface area (Å²) in [6.45, 7) is 9.20. The van der Waals surface area contributed by atoms with Crippen molar-refractivity contribution in [3.63, 3.8) is 0 Å². The van der Waals surface area contributed by atoms with Crippen LogP contribution in [0.15, 0.2) is 30.3 Å². The second-order valence-electron chi connectivity index (χ2n) is 7.54. The zero-order chi connectivity index (χ0) is 19.3. The highest BCUT2D eigenvalue weighted by Gasteiger charge is 2.36. The summed E-state index contributed by atoms with van der Waals surface area (Å²) in [6, 6.07) is 9.08. The van der Waals surface area contributed by atoms with Crippen molar-refractivity contribution in [3.05, 3.63) is 35.9 Å². The number of ether oxygens (including phenoxy) is 1. The Morgan fingerprint density at radius 3 is 2.46 bits per heavy atom. The number of amides is 2. The van der Waals surface area contributed by atoms with Crippen LogP contribution in [0.1, 0.15) is 39.7 Å². The summed E-state index contributed by atoms with van der Waals surface area (Å²) < 4.78 is 5.50. The number of carbonyl (C=O) groups is 2. The second-order valence-corrected chi connectivity index (χ2v) is 7.54. The normalized spacial score (nSPS) is 18.3. The average Bonchev–Trinajstić information content (AvgIpc) is 3.08. The predicted molar refractivity (Wildman–Crippen MR) is 101 cm³/mol. The lowest BCUT2D eigenvalue weighted by atomic mass is 10.0. The third kappa shape index (κ3) is 4.97. The largest absolute Gasteiger partial charge is 0.445 e. The lowest BCUT2D eigenvalue weighted by Gasteiger charge is -2.32. The fourth-order valence-electron chi connectivity index (χ4n) is 3.24. The first-order chi connectivity index (χ1) is 12.3. The minimum atomic E-state index is -0.494. The Balaban J connectivity index is 1.97. The molecule has 6 heteroatoms. The fourth-order valence-corrected chi connectivity index (χ4v) is 3.24. The Hall–Kier alpha value is -2.08. The van der Waals surface area contributed by atoms with Gasteiger partial charge in [-0.05, 0) is 31.7 Å². The highest BCUT2D eigenvalue weighted by molar-refractivity contribution is 5.82. The van der Waals surface area contributed by atoms with E-state index in [9.17, 15) is 9.59 Å². The van der Waals surface area contributed by atoms with Crippen molar-refractivity contribution in [1.82, 2.24) is 9.80 Å². The molecule has 1 aliphatic rings. The Morgan fingerprint density at radius 2 is 1.88 bits per heavy atom. The Morgan fingerprint density at radius 1 is 1.23 bits per heavy atom. The highest BCUT2D eigenvalue weighted by atomic mass is 16.6. The lowest BCUT2D eigenvalue weighted by molar-refractivity contribution is -0.132. The van der Waals surface area contributed by atoms with Gasteiger partial charge in [0.15, 0.2) is 0 Å². The quantitative estimate of drug-likeness (QED) is 0.845. The molecule has 0 aromatic heterocycles. The first-order valence-electron chi connectivity index (χ1n) is 9.34. The molecule has 1 fully saturated rings. The standard InChI is InChI=1S/C20H31N3O3/c1-14(2)18(21)19(24)22-11-10-17(12-22)23(15(3)4)20(25)26-13-16-8-6-5-7-9-16/h5-9,14-15,17-18H,10-13,21H2,1-4H3/t17-,18+/m1/s1. The fraction of sp³-hybridized carbons (Fsp3) is 0.600. The molecule has 0 unspecified atom stereocenters. The van der Waals surface area contributed by atoms with E-state index in [-0.39, 0.29) is 36.6 Å². The molecule has 0 bridgehead atoms. The van der Waals surface area contributed by atoms with Gasteiger partial charge in [-0.3, -0.25) is 4.79 Å². The monoisotopic (exact) mass is 361 g/mol. The number of nitrogens with zero attached hydrogens (tertiary/aromatic N) is 2. The molecule has 0 radical (unpaired) electrons. The summed E-state index contributed by atoms with van der Waals surface area (Å²) in [7, 11) is 0. The summed E-state index contributed by atoms with van der Waals surface area (Å²) in [4.78, 5) is 28.6. The summed E-state index contributed by atoms with van der Waals surface area (Å²) in [6.07, 6.45) is 0.408. The molecule has 2 N–H and O–H groups in total. The van der Waals surface area contributed by atoms with E-state index in [1.165, 1.54) is 0 Å². The molecule has 6 nitrogen and oxygen atoms in total. The summed E-state index contributed by atoms with van der Waals surface area (Å²) in [5.41, 5.74) is 6.95. The average molecular weight is 361 g/mol. The van der Waals surface area contributed by atoms with Gasteiger partial charge in [0.25, 0.3) is 0 Å². The van der Waals surface area contributed by atoms with Crippen LogP contribution in [0.4, 0.5) is 4.79 Å². The van der Waals surface area contributed by atoms with E-state index in [1.54, 1.807) is 9.80 Å². The van der Waals surface area contributed by atoms with E-state index < -0.39 is 6.04 Å². The molecule has 0 aliphatic carbocycles. The minimum Gasteiger partial charge on any atom is -0.445 e. The molecule has 2 atom stereocenters. The first kappa shape index (κ1) is 20.2. The van der Waals surface area contributed by atoms with Crippen LogP contribution in [0.3, 0.4) is 0 Å². The van der Waals surface area contributed by atoms with Crippen LogP contribution in [-0.2, 0) is 16.1 Å². The molecule has 26 heavy (non-hydrogen) atoms. The molecule has 2 amide bonds. The zero-order valence-electron chi connectivity index (χ0n) is 16.2. The molecular weight excluding hydrogens is 330 g/mol. The SMILES string of the molecule is CC(C)[C@H](N)C(=O)N1CC[C@@H](N(C(=O)OCc2ccccc2)C(C)C)C1. The van der Waals surface area contributed by atoms with Crippen molar-refractivity contribution in [3.8, 4) is 0 Å². The maximum atomic E-state index is 12.6. The predicted octanol–water partition coefficient (Wildman–Crippen LogP) is 2.62. The second kappa shape index (κ2) is 9.03. The van der Waals surface area contributed by atoms with Crippen LogP contribution in [-0.4, -0.2) is 53.0 Å². The molecule has 0 spiro atoms. The third-order valence-electron chi connectivity index (χ3n) is 4.84. The van der Waals surface area contributed by atoms with Gasteiger partial charge in [-0.2, -0.15) is 0 Å². The van der Waals surface area contributed by atoms with Gasteiger partial charge >= 0.3 is 6.09 Å². The van der Waals surface area contributed by atoms with E-state index >= 15 is 0 Å². The van der Waals surface area contributed by atoms with Crippen molar-refractivity contribution < 1.29 is 14.3 Å². The summed E-state index contributed by atoms with van der Waals surface area (Å²) in [5.74, 6) is 0.0578.